The molecule has 0 heterocycles. The molecule has 0 aromatic heterocycles. The van der Waals surface area contributed by atoms with Gasteiger partial charge in [0.1, 0.15) is 0 Å². The molecule has 0 aliphatic rings. The maximum atomic E-state index is 10.7. The molecule has 9 nitrogen and oxygen atoms in total. The molecular formula is C10H13Cl2N5O4. The third kappa shape index (κ3) is 5.16. The Labute approximate surface area is 129 Å². The van der Waals surface area contributed by atoms with Crippen LogP contribution in [0.1, 0.15) is 5.56 Å². The van der Waals surface area contributed by atoms with Crippen LogP contribution in [0, 0.1) is 0 Å². The number of hydrogen-bond donors (Lipinski definition) is 5. The van der Waals surface area contributed by atoms with Crippen molar-refractivity contribution in [3.05, 3.63) is 27.7 Å². The molecule has 0 aliphatic heterocycles. The van der Waals surface area contributed by atoms with Gasteiger partial charge in [-0.1, -0.05) is 23.2 Å². The minimum atomic E-state index is -2.34. The van der Waals surface area contributed by atoms with Gasteiger partial charge in [-0.15, -0.1) is 0 Å². The quantitative estimate of drug-likeness (QED) is 0.383. The van der Waals surface area contributed by atoms with Gasteiger partial charge in [0.25, 0.3) is 0 Å². The van der Waals surface area contributed by atoms with Gasteiger partial charge >= 0.3 is 18.2 Å². The van der Waals surface area contributed by atoms with Crippen molar-refractivity contribution in [2.45, 2.75) is 12.6 Å². The highest BCUT2D eigenvalue weighted by Crippen LogP contribution is 2.28. The summed E-state index contributed by atoms with van der Waals surface area (Å²) in [5, 5.41) is 2.86. The SMILES string of the molecule is NC(=O)OC(N)(NCc1cc(Cl)c(N)c(Cl)c1)OC(N)=O. The van der Waals surface area contributed by atoms with E-state index in [1.54, 1.807) is 0 Å². The summed E-state index contributed by atoms with van der Waals surface area (Å²) in [6.45, 7) is -0.0449. The average molecular weight is 338 g/mol. The first kappa shape index (κ1) is 17.1. The molecule has 0 saturated heterocycles. The molecule has 0 fully saturated rings. The third-order valence-corrected chi connectivity index (χ3v) is 2.81. The molecule has 116 valence electrons. The number of nitrogen functional groups attached to an aromatic ring is 1. The lowest BCUT2D eigenvalue weighted by Gasteiger charge is -2.27. The first-order valence-corrected chi connectivity index (χ1v) is 6.13. The molecule has 1 aromatic carbocycles. The molecular weight excluding hydrogens is 325 g/mol. The van der Waals surface area contributed by atoms with Gasteiger partial charge in [0.2, 0.25) is 0 Å². The summed E-state index contributed by atoms with van der Waals surface area (Å²) in [5.74, 6) is 0. The van der Waals surface area contributed by atoms with E-state index in [4.69, 9.17) is 46.1 Å². The van der Waals surface area contributed by atoms with E-state index < -0.39 is 18.2 Å². The van der Waals surface area contributed by atoms with Gasteiger partial charge in [0.15, 0.2) is 0 Å². The lowest BCUT2D eigenvalue weighted by Crippen LogP contribution is -2.60. The predicted molar refractivity (Wildman–Crippen MR) is 76.0 cm³/mol. The molecule has 11 heteroatoms. The van der Waals surface area contributed by atoms with Gasteiger partial charge in [0.05, 0.1) is 15.7 Å². The number of amides is 2. The first-order valence-electron chi connectivity index (χ1n) is 5.37. The van der Waals surface area contributed by atoms with E-state index in [0.717, 1.165) is 0 Å². The van der Waals surface area contributed by atoms with Gasteiger partial charge in [0, 0.05) is 6.54 Å². The zero-order valence-electron chi connectivity index (χ0n) is 10.6. The van der Waals surface area contributed by atoms with Gasteiger partial charge in [-0.3, -0.25) is 0 Å². The fourth-order valence-electron chi connectivity index (χ4n) is 1.36. The van der Waals surface area contributed by atoms with E-state index in [2.05, 4.69) is 14.8 Å². The Hall–Kier alpha value is -1.94. The predicted octanol–water partition coefficient (Wildman–Crippen LogP) is 0.426. The summed E-state index contributed by atoms with van der Waals surface area (Å²) in [7, 11) is 0. The number of ether oxygens (including phenoxy) is 2. The molecule has 0 atom stereocenters. The van der Waals surface area contributed by atoms with E-state index in [0.29, 0.717) is 5.56 Å². The zero-order valence-corrected chi connectivity index (χ0v) is 12.1. The largest absolute Gasteiger partial charge is 0.409 e. The standard InChI is InChI=1S/C10H13Cl2N5O4/c11-5-1-4(2-6(12)7(5)13)3-17-10(16,20-8(14)18)21-9(15)19/h1-2,17H,3,13,16H2,(H2,14,18)(H2,15,19). The Balaban J connectivity index is 2.86. The number of halogens is 2. The molecule has 0 unspecified atom stereocenters. The topological polar surface area (TPSA) is 169 Å². The minimum absolute atomic E-state index is 0.0449. The lowest BCUT2D eigenvalue weighted by atomic mass is 10.2. The van der Waals surface area contributed by atoms with Crippen LogP contribution in [-0.2, 0) is 16.0 Å². The number of carbonyl (C=O) groups excluding carboxylic acids is 2. The monoisotopic (exact) mass is 337 g/mol. The Morgan fingerprint density at radius 3 is 1.95 bits per heavy atom. The summed E-state index contributed by atoms with van der Waals surface area (Å²) in [6.07, 6.45) is -2.56. The highest BCUT2D eigenvalue weighted by atomic mass is 35.5. The van der Waals surface area contributed by atoms with Crippen LogP contribution in [-0.4, -0.2) is 18.2 Å². The molecule has 2 amide bonds. The molecule has 1 aromatic rings. The van der Waals surface area contributed by atoms with Gasteiger partial charge < -0.3 is 26.7 Å². The van der Waals surface area contributed by atoms with Gasteiger partial charge in [-0.2, -0.15) is 0 Å². The number of benzene rings is 1. The number of nitrogens with two attached hydrogens (primary N) is 4. The van der Waals surface area contributed by atoms with Crippen molar-refractivity contribution >= 4 is 41.1 Å². The number of hydrogen-bond acceptors (Lipinski definition) is 7. The van der Waals surface area contributed by atoms with E-state index >= 15 is 0 Å². The molecule has 9 N–H and O–H groups in total. The highest BCUT2D eigenvalue weighted by molar-refractivity contribution is 6.38. The molecule has 0 radical (unpaired) electrons. The van der Waals surface area contributed by atoms with Crippen molar-refractivity contribution in [2.75, 3.05) is 5.73 Å². The second kappa shape index (κ2) is 6.68. The van der Waals surface area contributed by atoms with Crippen LogP contribution in [0.5, 0.6) is 0 Å². The highest BCUT2D eigenvalue weighted by Gasteiger charge is 2.33. The zero-order chi connectivity index (χ0) is 16.2. The smallest absolute Gasteiger partial charge is 0.396 e. The second-order valence-corrected chi connectivity index (χ2v) is 4.65. The van der Waals surface area contributed by atoms with Gasteiger partial charge in [-0.25, -0.2) is 20.6 Å². The van der Waals surface area contributed by atoms with Crippen LogP contribution >= 0.6 is 23.2 Å². The number of rotatable bonds is 5. The Morgan fingerprint density at radius 1 is 1.14 bits per heavy atom. The van der Waals surface area contributed by atoms with Crippen molar-refractivity contribution in [2.24, 2.45) is 17.2 Å². The second-order valence-electron chi connectivity index (χ2n) is 3.84. The fourth-order valence-corrected chi connectivity index (χ4v) is 1.89. The van der Waals surface area contributed by atoms with E-state index in [1.807, 2.05) is 0 Å². The number of anilines is 1. The Morgan fingerprint density at radius 2 is 1.57 bits per heavy atom. The summed E-state index contributed by atoms with van der Waals surface area (Å²) >= 11 is 11.7. The van der Waals surface area contributed by atoms with Gasteiger partial charge in [-0.05, 0) is 17.7 Å². The third-order valence-electron chi connectivity index (χ3n) is 2.18. The van der Waals surface area contributed by atoms with Crippen molar-refractivity contribution < 1.29 is 19.1 Å². The molecule has 0 saturated carbocycles. The van der Waals surface area contributed by atoms with E-state index in [-0.39, 0.29) is 22.3 Å². The maximum Gasteiger partial charge on any atom is 0.409 e. The van der Waals surface area contributed by atoms with Crippen LogP contribution in [0.25, 0.3) is 0 Å². The number of nitrogens with one attached hydrogen (secondary N) is 1. The average Bonchev–Trinajstić information content (AvgIpc) is 2.31. The van der Waals surface area contributed by atoms with Crippen molar-refractivity contribution in [3.63, 3.8) is 0 Å². The summed E-state index contributed by atoms with van der Waals surface area (Å²) < 4.78 is 8.89. The van der Waals surface area contributed by atoms with Crippen LogP contribution < -0.4 is 28.3 Å². The molecule has 0 spiro atoms. The molecule has 21 heavy (non-hydrogen) atoms. The van der Waals surface area contributed by atoms with E-state index in [1.165, 1.54) is 12.1 Å². The summed E-state index contributed by atoms with van der Waals surface area (Å²) in [5.41, 5.74) is 21.5. The number of carbonyl (C=O) groups is 2. The minimum Gasteiger partial charge on any atom is -0.396 e. The molecule has 1 rings (SSSR count). The van der Waals surface area contributed by atoms with Crippen LogP contribution in [0.4, 0.5) is 15.3 Å². The summed E-state index contributed by atoms with van der Waals surface area (Å²) in [6, 6.07) is 0.646. The first-order chi connectivity index (χ1) is 9.63. The van der Waals surface area contributed by atoms with Crippen LogP contribution in [0.15, 0.2) is 12.1 Å². The Bertz CT molecular complexity index is 529. The molecule has 0 aliphatic carbocycles. The fraction of sp³-hybridized carbons (Fsp3) is 0.200. The van der Waals surface area contributed by atoms with Crippen molar-refractivity contribution in [3.8, 4) is 0 Å². The Kier molecular flexibility index (Phi) is 5.44. The molecule has 0 bridgehead atoms. The van der Waals surface area contributed by atoms with Crippen molar-refractivity contribution in [1.29, 1.82) is 0 Å². The van der Waals surface area contributed by atoms with Crippen LogP contribution in [0.3, 0.4) is 0 Å². The number of primary amides is 2. The lowest BCUT2D eigenvalue weighted by molar-refractivity contribution is -0.178. The van der Waals surface area contributed by atoms with E-state index in [9.17, 15) is 9.59 Å². The maximum absolute atomic E-state index is 10.7. The van der Waals surface area contributed by atoms with Crippen molar-refractivity contribution in [1.82, 2.24) is 5.32 Å². The van der Waals surface area contributed by atoms with Crippen LogP contribution in [0.2, 0.25) is 10.0 Å². The summed E-state index contributed by atoms with van der Waals surface area (Å²) in [4.78, 5) is 21.5. The normalized spacial score (nSPS) is 11.0.